The lowest BCUT2D eigenvalue weighted by Crippen LogP contribution is -2.44. The molecule has 0 aliphatic carbocycles. The van der Waals surface area contributed by atoms with E-state index in [0.717, 1.165) is 26.1 Å². The van der Waals surface area contributed by atoms with Gasteiger partial charge in [0.25, 0.3) is 5.91 Å². The number of thioether (sulfide) groups is 1. The molecular weight excluding hydrogens is 342 g/mol. The van der Waals surface area contributed by atoms with Crippen LogP contribution in [0.25, 0.3) is 0 Å². The van der Waals surface area contributed by atoms with Gasteiger partial charge in [0.1, 0.15) is 0 Å². The second-order valence-corrected chi connectivity index (χ2v) is 7.88. The highest BCUT2D eigenvalue weighted by molar-refractivity contribution is 8.00. The predicted molar refractivity (Wildman–Crippen MR) is 98.9 cm³/mol. The van der Waals surface area contributed by atoms with Crippen LogP contribution in [-0.4, -0.2) is 30.4 Å². The lowest BCUT2D eigenvalue weighted by Gasteiger charge is -2.36. The van der Waals surface area contributed by atoms with Gasteiger partial charge < -0.3 is 10.1 Å². The molecule has 0 atom stereocenters. The molecule has 1 aliphatic rings. The van der Waals surface area contributed by atoms with E-state index in [1.54, 1.807) is 24.3 Å². The fourth-order valence-electron chi connectivity index (χ4n) is 2.77. The average molecular weight is 362 g/mol. The Morgan fingerprint density at radius 3 is 2.58 bits per heavy atom. The maximum Gasteiger partial charge on any atom is 0.251 e. The first-order valence-electron chi connectivity index (χ1n) is 8.02. The van der Waals surface area contributed by atoms with Crippen LogP contribution in [0.5, 0.6) is 0 Å². The van der Waals surface area contributed by atoms with Crippen molar-refractivity contribution in [2.75, 3.05) is 19.8 Å². The molecule has 0 radical (unpaired) electrons. The van der Waals surface area contributed by atoms with Crippen LogP contribution in [0.1, 0.15) is 23.2 Å². The van der Waals surface area contributed by atoms with Gasteiger partial charge in [-0.05, 0) is 43.2 Å². The second-order valence-electron chi connectivity index (χ2n) is 5.90. The first kappa shape index (κ1) is 17.3. The molecule has 1 saturated heterocycles. The van der Waals surface area contributed by atoms with Crippen molar-refractivity contribution in [2.45, 2.75) is 22.5 Å². The Morgan fingerprint density at radius 1 is 1.12 bits per heavy atom. The quantitative estimate of drug-likeness (QED) is 0.857. The van der Waals surface area contributed by atoms with E-state index in [0.29, 0.717) is 17.1 Å². The maximum absolute atomic E-state index is 12.4. The van der Waals surface area contributed by atoms with Crippen molar-refractivity contribution in [2.24, 2.45) is 0 Å². The molecule has 0 unspecified atom stereocenters. The van der Waals surface area contributed by atoms with Gasteiger partial charge in [0, 0.05) is 40.0 Å². The van der Waals surface area contributed by atoms with Crippen LogP contribution in [0.2, 0.25) is 5.02 Å². The van der Waals surface area contributed by atoms with E-state index in [2.05, 4.69) is 17.4 Å². The summed E-state index contributed by atoms with van der Waals surface area (Å²) in [4.78, 5) is 13.6. The number of benzene rings is 2. The molecule has 0 spiro atoms. The van der Waals surface area contributed by atoms with Crippen LogP contribution in [0.15, 0.2) is 59.5 Å². The molecule has 0 bridgehead atoms. The van der Waals surface area contributed by atoms with Gasteiger partial charge in [-0.15, -0.1) is 11.8 Å². The van der Waals surface area contributed by atoms with Crippen molar-refractivity contribution < 1.29 is 9.53 Å². The Labute approximate surface area is 151 Å². The molecule has 3 rings (SSSR count). The van der Waals surface area contributed by atoms with Crippen molar-refractivity contribution in [1.82, 2.24) is 5.32 Å². The molecule has 24 heavy (non-hydrogen) atoms. The van der Waals surface area contributed by atoms with E-state index in [4.69, 9.17) is 16.3 Å². The molecule has 1 amide bonds. The summed E-state index contributed by atoms with van der Waals surface area (Å²) in [5.41, 5.74) is 0.592. The molecule has 2 aromatic rings. The molecule has 1 fully saturated rings. The number of nitrogens with one attached hydrogen (secondary N) is 1. The largest absolute Gasteiger partial charge is 0.381 e. The van der Waals surface area contributed by atoms with Crippen LogP contribution < -0.4 is 5.32 Å². The molecule has 1 N–H and O–H groups in total. The Bertz CT molecular complexity index is 687. The summed E-state index contributed by atoms with van der Waals surface area (Å²) in [6, 6.07) is 17.4. The fraction of sp³-hybridized carbons (Fsp3) is 0.316. The molecule has 5 heteroatoms. The first-order valence-corrected chi connectivity index (χ1v) is 9.22. The topological polar surface area (TPSA) is 38.3 Å². The zero-order valence-electron chi connectivity index (χ0n) is 13.3. The summed E-state index contributed by atoms with van der Waals surface area (Å²) in [5, 5.41) is 3.65. The lowest BCUT2D eigenvalue weighted by atomic mass is 9.99. The minimum Gasteiger partial charge on any atom is -0.381 e. The lowest BCUT2D eigenvalue weighted by molar-refractivity contribution is 0.0741. The zero-order valence-corrected chi connectivity index (χ0v) is 14.9. The van der Waals surface area contributed by atoms with Crippen molar-refractivity contribution in [1.29, 1.82) is 0 Å². The number of rotatable bonds is 5. The number of carbonyl (C=O) groups is 1. The molecule has 3 nitrogen and oxygen atoms in total. The van der Waals surface area contributed by atoms with Crippen LogP contribution >= 0.6 is 23.4 Å². The van der Waals surface area contributed by atoms with E-state index < -0.39 is 0 Å². The van der Waals surface area contributed by atoms with Gasteiger partial charge in [-0.2, -0.15) is 0 Å². The minimum atomic E-state index is -0.0861. The van der Waals surface area contributed by atoms with E-state index in [1.807, 2.05) is 30.0 Å². The number of halogens is 1. The molecule has 0 saturated carbocycles. The molecule has 126 valence electrons. The maximum atomic E-state index is 12.4. The highest BCUT2D eigenvalue weighted by Gasteiger charge is 2.34. The van der Waals surface area contributed by atoms with Crippen molar-refractivity contribution in [3.05, 3.63) is 65.2 Å². The van der Waals surface area contributed by atoms with Crippen molar-refractivity contribution in [3.8, 4) is 0 Å². The van der Waals surface area contributed by atoms with Crippen LogP contribution in [0.4, 0.5) is 0 Å². The van der Waals surface area contributed by atoms with Gasteiger partial charge in [-0.1, -0.05) is 35.9 Å². The van der Waals surface area contributed by atoms with E-state index in [1.165, 1.54) is 4.90 Å². The Kier molecular flexibility index (Phi) is 5.82. The van der Waals surface area contributed by atoms with Crippen LogP contribution in [0.3, 0.4) is 0 Å². The van der Waals surface area contributed by atoms with Crippen molar-refractivity contribution in [3.63, 3.8) is 0 Å². The number of hydrogen-bond acceptors (Lipinski definition) is 3. The molecule has 1 aliphatic heterocycles. The fourth-order valence-corrected chi connectivity index (χ4v) is 4.27. The van der Waals surface area contributed by atoms with Crippen LogP contribution in [0, 0.1) is 0 Å². The second kappa shape index (κ2) is 8.06. The average Bonchev–Trinajstić information content (AvgIpc) is 2.61. The Balaban J connectivity index is 1.69. The summed E-state index contributed by atoms with van der Waals surface area (Å²) < 4.78 is 5.49. The van der Waals surface area contributed by atoms with E-state index in [9.17, 15) is 4.79 Å². The summed E-state index contributed by atoms with van der Waals surface area (Å²) in [6.07, 6.45) is 1.84. The van der Waals surface area contributed by atoms with Gasteiger partial charge >= 0.3 is 0 Å². The monoisotopic (exact) mass is 361 g/mol. The molecule has 1 heterocycles. The van der Waals surface area contributed by atoms with Gasteiger partial charge in [-0.3, -0.25) is 4.79 Å². The summed E-state index contributed by atoms with van der Waals surface area (Å²) >= 11 is 7.80. The van der Waals surface area contributed by atoms with Crippen LogP contribution in [-0.2, 0) is 4.74 Å². The normalized spacial score (nSPS) is 16.5. The van der Waals surface area contributed by atoms with Gasteiger partial charge in [0.2, 0.25) is 0 Å². The third kappa shape index (κ3) is 4.53. The molecular formula is C19H20ClNO2S. The SMILES string of the molecule is O=C(NCC1(Sc2ccccc2)CCOCC1)c1cccc(Cl)c1. The van der Waals surface area contributed by atoms with Gasteiger partial charge in [-0.25, -0.2) is 0 Å². The number of ether oxygens (including phenoxy) is 1. The highest BCUT2D eigenvalue weighted by Crippen LogP contribution is 2.40. The third-order valence-electron chi connectivity index (χ3n) is 4.14. The zero-order chi connectivity index (χ0) is 16.8. The smallest absolute Gasteiger partial charge is 0.251 e. The summed E-state index contributed by atoms with van der Waals surface area (Å²) in [6.45, 7) is 2.07. The first-order chi connectivity index (χ1) is 11.7. The third-order valence-corrected chi connectivity index (χ3v) is 5.87. The standard InChI is InChI=1S/C19H20ClNO2S/c20-16-6-4-5-15(13-16)18(22)21-14-19(9-11-23-12-10-19)24-17-7-2-1-3-8-17/h1-8,13H,9-12,14H2,(H,21,22). The number of amides is 1. The Hall–Kier alpha value is -1.49. The van der Waals surface area contributed by atoms with E-state index in [-0.39, 0.29) is 10.7 Å². The van der Waals surface area contributed by atoms with Gasteiger partial charge in [0.15, 0.2) is 0 Å². The van der Waals surface area contributed by atoms with Crippen molar-refractivity contribution >= 4 is 29.3 Å². The summed E-state index contributed by atoms with van der Waals surface area (Å²) in [7, 11) is 0. The minimum absolute atomic E-state index is 0.0339. The van der Waals surface area contributed by atoms with E-state index >= 15 is 0 Å². The number of hydrogen-bond donors (Lipinski definition) is 1. The summed E-state index contributed by atoms with van der Waals surface area (Å²) in [5.74, 6) is -0.0861. The molecule has 2 aromatic carbocycles. The highest BCUT2D eigenvalue weighted by atomic mass is 35.5. The number of carbonyl (C=O) groups excluding carboxylic acids is 1. The predicted octanol–water partition coefficient (Wildman–Crippen LogP) is 4.41. The molecule has 0 aromatic heterocycles. The van der Waals surface area contributed by atoms with Gasteiger partial charge in [0.05, 0.1) is 0 Å². The Morgan fingerprint density at radius 2 is 1.88 bits per heavy atom.